The first-order valence-electron chi connectivity index (χ1n) is 10.5. The lowest BCUT2D eigenvalue weighted by atomic mass is 10.1. The minimum atomic E-state index is -0.695. The van der Waals surface area contributed by atoms with E-state index in [1.54, 1.807) is 25.1 Å². The third-order valence-electron chi connectivity index (χ3n) is 5.22. The average Bonchev–Trinajstić information content (AvgIpc) is 2.76. The third-order valence-corrected chi connectivity index (χ3v) is 5.80. The summed E-state index contributed by atoms with van der Waals surface area (Å²) in [7, 11) is 0. The number of amides is 2. The van der Waals surface area contributed by atoms with Gasteiger partial charge in [0.25, 0.3) is 5.91 Å². The van der Waals surface area contributed by atoms with Gasteiger partial charge in [-0.25, -0.2) is 0 Å². The van der Waals surface area contributed by atoms with Gasteiger partial charge in [0.15, 0.2) is 6.61 Å². The van der Waals surface area contributed by atoms with E-state index in [1.165, 1.54) is 10.5 Å². The Hall–Kier alpha value is -2.24. The molecule has 0 bridgehead atoms. The molecule has 2 unspecified atom stereocenters. The normalized spacial score (nSPS) is 12.7. The zero-order valence-corrected chi connectivity index (χ0v) is 20.0. The summed E-state index contributed by atoms with van der Waals surface area (Å²) in [5.41, 5.74) is 1.89. The van der Waals surface area contributed by atoms with Crippen molar-refractivity contribution in [2.24, 2.45) is 0 Å². The number of halogens is 2. The van der Waals surface area contributed by atoms with Crippen LogP contribution in [0, 0.1) is 0 Å². The van der Waals surface area contributed by atoms with Crippen LogP contribution in [0.2, 0.25) is 10.0 Å². The maximum Gasteiger partial charge on any atom is 0.261 e. The topological polar surface area (TPSA) is 58.6 Å². The van der Waals surface area contributed by atoms with E-state index >= 15 is 0 Å². The van der Waals surface area contributed by atoms with E-state index in [1.807, 2.05) is 38.1 Å². The fraction of sp³-hybridized carbons (Fsp3) is 0.417. The minimum Gasteiger partial charge on any atom is -0.484 e. The van der Waals surface area contributed by atoms with Gasteiger partial charge in [-0.2, -0.15) is 0 Å². The highest BCUT2D eigenvalue weighted by molar-refractivity contribution is 6.35. The van der Waals surface area contributed by atoms with Crippen LogP contribution >= 0.6 is 23.2 Å². The van der Waals surface area contributed by atoms with E-state index in [9.17, 15) is 9.59 Å². The summed E-state index contributed by atoms with van der Waals surface area (Å²) in [6, 6.07) is 12.0. The van der Waals surface area contributed by atoms with Crippen molar-refractivity contribution < 1.29 is 14.3 Å². The molecule has 2 aromatic rings. The third kappa shape index (κ3) is 7.44. The minimum absolute atomic E-state index is 0.0133. The predicted molar refractivity (Wildman–Crippen MR) is 126 cm³/mol. The number of nitrogens with one attached hydrogen (secondary N) is 1. The predicted octanol–water partition coefficient (Wildman–Crippen LogP) is 5.27. The van der Waals surface area contributed by atoms with E-state index in [-0.39, 0.29) is 31.0 Å². The summed E-state index contributed by atoms with van der Waals surface area (Å²) in [5.74, 6) is 0.0733. The van der Waals surface area contributed by atoms with E-state index in [4.69, 9.17) is 27.9 Å². The molecule has 2 amide bonds. The Bertz CT molecular complexity index is 887. The highest BCUT2D eigenvalue weighted by Crippen LogP contribution is 2.23. The molecule has 0 aromatic heterocycles. The molecule has 0 saturated heterocycles. The lowest BCUT2D eigenvalue weighted by Gasteiger charge is -2.30. The lowest BCUT2D eigenvalue weighted by Crippen LogP contribution is -2.50. The van der Waals surface area contributed by atoms with Crippen molar-refractivity contribution in [1.29, 1.82) is 0 Å². The van der Waals surface area contributed by atoms with Crippen molar-refractivity contribution in [1.82, 2.24) is 10.2 Å². The summed E-state index contributed by atoms with van der Waals surface area (Å²) in [4.78, 5) is 27.3. The Balaban J connectivity index is 2.17. The van der Waals surface area contributed by atoms with Gasteiger partial charge >= 0.3 is 0 Å². The van der Waals surface area contributed by atoms with E-state index in [0.29, 0.717) is 21.4 Å². The fourth-order valence-corrected chi connectivity index (χ4v) is 3.40. The summed E-state index contributed by atoms with van der Waals surface area (Å²) in [6.45, 7) is 7.68. The van der Waals surface area contributed by atoms with Crippen molar-refractivity contribution in [3.63, 3.8) is 0 Å². The maximum atomic E-state index is 13.1. The van der Waals surface area contributed by atoms with Gasteiger partial charge in [0.05, 0.1) is 0 Å². The quantitative estimate of drug-likeness (QED) is 0.520. The van der Waals surface area contributed by atoms with Crippen LogP contribution in [0.25, 0.3) is 0 Å². The van der Waals surface area contributed by atoms with Crippen molar-refractivity contribution in [3.8, 4) is 5.75 Å². The second-order valence-corrected chi connectivity index (χ2v) is 8.38. The zero-order chi connectivity index (χ0) is 23.0. The van der Waals surface area contributed by atoms with Gasteiger partial charge in [-0.05, 0) is 62.1 Å². The summed E-state index contributed by atoms with van der Waals surface area (Å²) < 4.78 is 5.69. The Kier molecular flexibility index (Phi) is 9.66. The van der Waals surface area contributed by atoms with Gasteiger partial charge in [-0.1, -0.05) is 55.2 Å². The molecule has 1 N–H and O–H groups in total. The standard InChI is InChI=1S/C24H30Cl2N2O3/c1-5-16(3)27-24(30)17(4)28(14-19-9-10-20(25)13-22(19)26)23(29)15-31-21-11-7-18(6-2)8-12-21/h7-13,16-17H,5-6,14-15H2,1-4H3,(H,27,30). The van der Waals surface area contributed by atoms with Gasteiger partial charge < -0.3 is 15.0 Å². The highest BCUT2D eigenvalue weighted by atomic mass is 35.5. The fourth-order valence-electron chi connectivity index (χ4n) is 2.93. The first-order valence-corrected chi connectivity index (χ1v) is 11.3. The molecule has 0 fully saturated rings. The van der Waals surface area contributed by atoms with E-state index in [0.717, 1.165) is 12.8 Å². The number of nitrogens with zero attached hydrogens (tertiary/aromatic N) is 1. The van der Waals surface area contributed by atoms with Gasteiger partial charge in [0.2, 0.25) is 5.91 Å². The Morgan fingerprint density at radius 1 is 1.06 bits per heavy atom. The molecule has 0 saturated carbocycles. The molecule has 0 radical (unpaired) electrons. The summed E-state index contributed by atoms with van der Waals surface area (Å²) >= 11 is 12.3. The Labute approximate surface area is 194 Å². The molecule has 0 spiro atoms. The molecule has 5 nitrogen and oxygen atoms in total. The van der Waals surface area contributed by atoms with Gasteiger partial charge in [-0.15, -0.1) is 0 Å². The SMILES string of the molecule is CCc1ccc(OCC(=O)N(Cc2ccc(Cl)cc2Cl)C(C)C(=O)NC(C)CC)cc1. The zero-order valence-electron chi connectivity index (χ0n) is 18.5. The van der Waals surface area contributed by atoms with E-state index < -0.39 is 6.04 Å². The van der Waals surface area contributed by atoms with Gasteiger partial charge in [-0.3, -0.25) is 9.59 Å². The van der Waals surface area contributed by atoms with Gasteiger partial charge in [0.1, 0.15) is 11.8 Å². The monoisotopic (exact) mass is 464 g/mol. The molecular formula is C24H30Cl2N2O3. The van der Waals surface area contributed by atoms with E-state index in [2.05, 4.69) is 12.2 Å². The number of carbonyl (C=O) groups is 2. The molecule has 0 aliphatic carbocycles. The first-order chi connectivity index (χ1) is 14.7. The van der Waals surface area contributed by atoms with Crippen LogP contribution in [-0.4, -0.2) is 35.4 Å². The lowest BCUT2D eigenvalue weighted by molar-refractivity contribution is -0.142. The second-order valence-electron chi connectivity index (χ2n) is 7.54. The number of carbonyl (C=O) groups excluding carboxylic acids is 2. The molecule has 31 heavy (non-hydrogen) atoms. The molecule has 0 heterocycles. The number of benzene rings is 2. The largest absolute Gasteiger partial charge is 0.484 e. The highest BCUT2D eigenvalue weighted by Gasteiger charge is 2.27. The first kappa shape index (κ1) is 25.0. The van der Waals surface area contributed by atoms with Crippen molar-refractivity contribution in [3.05, 3.63) is 63.6 Å². The van der Waals surface area contributed by atoms with Crippen LogP contribution in [0.1, 0.15) is 45.2 Å². The van der Waals surface area contributed by atoms with Crippen LogP contribution in [0.15, 0.2) is 42.5 Å². The average molecular weight is 465 g/mol. The number of ether oxygens (including phenoxy) is 1. The smallest absolute Gasteiger partial charge is 0.261 e. The van der Waals surface area contributed by atoms with Crippen LogP contribution in [0.4, 0.5) is 0 Å². The second kappa shape index (κ2) is 12.0. The van der Waals surface area contributed by atoms with Crippen molar-refractivity contribution in [2.45, 2.75) is 59.2 Å². The molecule has 168 valence electrons. The molecule has 0 aliphatic rings. The summed E-state index contributed by atoms with van der Waals surface area (Å²) in [5, 5.41) is 3.88. The molecule has 2 atom stereocenters. The van der Waals surface area contributed by atoms with Crippen LogP contribution in [-0.2, 0) is 22.6 Å². The molecule has 2 aromatic carbocycles. The maximum absolute atomic E-state index is 13.1. The molecular weight excluding hydrogens is 435 g/mol. The van der Waals surface area contributed by atoms with Crippen molar-refractivity contribution >= 4 is 35.0 Å². The number of aryl methyl sites for hydroxylation is 1. The Morgan fingerprint density at radius 3 is 2.32 bits per heavy atom. The number of hydrogen-bond donors (Lipinski definition) is 1. The Morgan fingerprint density at radius 2 is 1.74 bits per heavy atom. The van der Waals surface area contributed by atoms with Crippen LogP contribution in [0.3, 0.4) is 0 Å². The van der Waals surface area contributed by atoms with Crippen LogP contribution in [0.5, 0.6) is 5.75 Å². The van der Waals surface area contributed by atoms with Crippen LogP contribution < -0.4 is 10.1 Å². The number of hydrogen-bond acceptors (Lipinski definition) is 3. The molecule has 0 aliphatic heterocycles. The molecule has 2 rings (SSSR count). The number of rotatable bonds is 10. The van der Waals surface area contributed by atoms with Crippen molar-refractivity contribution in [2.75, 3.05) is 6.61 Å². The molecule has 7 heteroatoms. The summed E-state index contributed by atoms with van der Waals surface area (Å²) in [6.07, 6.45) is 1.73. The van der Waals surface area contributed by atoms with Gasteiger partial charge in [0, 0.05) is 22.6 Å².